The monoisotopic (exact) mass is 540 g/mol. The second-order valence-electron chi connectivity index (χ2n) is 10.0. The largest absolute Gasteiger partial charge is 0.451 e. The molecule has 1 amide bonds. The minimum atomic E-state index is -0.832. The number of aromatic nitrogens is 2. The fourth-order valence-electron chi connectivity index (χ4n) is 4.25. The van der Waals surface area contributed by atoms with Gasteiger partial charge in [0.1, 0.15) is 16.6 Å². The number of carbonyl (C=O) groups is 2. The molecule has 8 heteroatoms. The van der Waals surface area contributed by atoms with Crippen LogP contribution in [0.2, 0.25) is 0 Å². The van der Waals surface area contributed by atoms with E-state index in [0.717, 1.165) is 50.7 Å². The molecule has 0 aliphatic heterocycles. The van der Waals surface area contributed by atoms with Gasteiger partial charge < -0.3 is 14.6 Å². The fourth-order valence-corrected chi connectivity index (χ4v) is 5.32. The smallest absolute Gasteiger partial charge is 0.349 e. The first-order valence-electron chi connectivity index (χ1n) is 12.9. The average molecular weight is 541 g/mol. The van der Waals surface area contributed by atoms with Crippen molar-refractivity contribution in [3.8, 4) is 16.6 Å². The molecule has 4 aromatic rings. The lowest BCUT2D eigenvalue weighted by Crippen LogP contribution is -2.21. The van der Waals surface area contributed by atoms with Crippen molar-refractivity contribution >= 4 is 45.2 Å². The number of benzene rings is 2. The summed E-state index contributed by atoms with van der Waals surface area (Å²) < 4.78 is 8.45. The molecule has 4 rings (SSSR count). The van der Waals surface area contributed by atoms with E-state index in [0.29, 0.717) is 11.6 Å². The molecular weight excluding hydrogens is 508 g/mol. The molecular formula is C31H32N4O3S. The van der Waals surface area contributed by atoms with Crippen molar-refractivity contribution in [1.82, 2.24) is 9.55 Å². The molecule has 0 unspecified atom stereocenters. The molecule has 0 radical (unpaired) electrons. The first kappa shape index (κ1) is 27.8. The van der Waals surface area contributed by atoms with Crippen molar-refractivity contribution in [1.29, 1.82) is 5.26 Å². The Balaban J connectivity index is 1.35. The second-order valence-corrected chi connectivity index (χ2v) is 11.1. The van der Waals surface area contributed by atoms with Crippen LogP contribution in [0, 0.1) is 38.0 Å². The zero-order valence-electron chi connectivity index (χ0n) is 22.9. The van der Waals surface area contributed by atoms with Gasteiger partial charge in [0.25, 0.3) is 5.91 Å². The van der Waals surface area contributed by atoms with E-state index >= 15 is 0 Å². The Morgan fingerprint density at radius 2 is 1.87 bits per heavy atom. The predicted molar refractivity (Wildman–Crippen MR) is 156 cm³/mol. The lowest BCUT2D eigenvalue weighted by molar-refractivity contribution is -0.142. The van der Waals surface area contributed by atoms with E-state index in [1.165, 1.54) is 11.6 Å². The third-order valence-corrected chi connectivity index (χ3v) is 7.54. The summed E-state index contributed by atoms with van der Waals surface area (Å²) in [5.41, 5.74) is 6.35. The summed E-state index contributed by atoms with van der Waals surface area (Å²) in [4.78, 5) is 29.6. The van der Waals surface area contributed by atoms with Gasteiger partial charge in [0.05, 0.1) is 10.2 Å². The summed E-state index contributed by atoms with van der Waals surface area (Å²) in [6.45, 7) is 10.8. The number of amides is 1. The Kier molecular flexibility index (Phi) is 8.62. The van der Waals surface area contributed by atoms with Crippen molar-refractivity contribution < 1.29 is 14.3 Å². The summed E-state index contributed by atoms with van der Waals surface area (Å²) in [5.74, 6) is -0.751. The Morgan fingerprint density at radius 1 is 1.13 bits per heavy atom. The topological polar surface area (TPSA) is 97.0 Å². The molecule has 0 saturated carbocycles. The third-order valence-electron chi connectivity index (χ3n) is 6.48. The molecule has 2 heterocycles. The maximum atomic E-state index is 12.5. The van der Waals surface area contributed by atoms with E-state index in [4.69, 9.17) is 4.74 Å². The lowest BCUT2D eigenvalue weighted by Gasteiger charge is -2.11. The van der Waals surface area contributed by atoms with Gasteiger partial charge in [0.2, 0.25) is 0 Å². The van der Waals surface area contributed by atoms with Crippen LogP contribution in [-0.4, -0.2) is 28.0 Å². The molecule has 39 heavy (non-hydrogen) atoms. The maximum absolute atomic E-state index is 12.5. The van der Waals surface area contributed by atoms with Crippen molar-refractivity contribution in [2.24, 2.45) is 5.92 Å². The highest BCUT2D eigenvalue weighted by molar-refractivity contribution is 7.21. The minimum absolute atomic E-state index is 0.151. The van der Waals surface area contributed by atoms with Crippen LogP contribution in [0.3, 0.4) is 0 Å². The van der Waals surface area contributed by atoms with E-state index in [2.05, 4.69) is 41.7 Å². The van der Waals surface area contributed by atoms with Crippen LogP contribution in [0.15, 0.2) is 54.1 Å². The number of hydrogen-bond acceptors (Lipinski definition) is 6. The average Bonchev–Trinajstić information content (AvgIpc) is 3.44. The number of ether oxygens (including phenoxy) is 1. The van der Waals surface area contributed by atoms with E-state index < -0.39 is 18.5 Å². The van der Waals surface area contributed by atoms with E-state index in [9.17, 15) is 14.9 Å². The minimum Gasteiger partial charge on any atom is -0.451 e. The molecule has 0 bridgehead atoms. The van der Waals surface area contributed by atoms with Crippen LogP contribution < -0.4 is 5.32 Å². The highest BCUT2D eigenvalue weighted by atomic mass is 32.1. The number of hydrogen-bond donors (Lipinski definition) is 1. The Morgan fingerprint density at radius 3 is 2.56 bits per heavy atom. The number of thiazole rings is 1. The van der Waals surface area contributed by atoms with Crippen LogP contribution in [0.25, 0.3) is 26.9 Å². The van der Waals surface area contributed by atoms with Crippen molar-refractivity contribution in [2.45, 2.75) is 47.6 Å². The number of nitrogens with zero attached hydrogens (tertiary/aromatic N) is 3. The van der Waals surface area contributed by atoms with Gasteiger partial charge in [-0.1, -0.05) is 19.9 Å². The number of aryl methyl sites for hydroxylation is 2. The normalized spacial score (nSPS) is 11.6. The number of rotatable bonds is 9. The highest BCUT2D eigenvalue weighted by Crippen LogP contribution is 2.31. The fraction of sp³-hybridized carbons (Fsp3) is 0.290. The molecule has 0 spiro atoms. The standard InChI is InChI=1S/C31H32N4O3S/c1-19(2)12-13-35-21(4)15-24(22(35)5)16-25(17-32)31(37)38-18-29(36)33-26-9-7-23(8-10-26)30-34-27-11-6-20(3)14-28(27)39-30/h6-11,14-16,19H,12-13,18H2,1-5H3,(H,33,36). The number of fused-ring (bicyclic) bond motifs is 1. The summed E-state index contributed by atoms with van der Waals surface area (Å²) in [7, 11) is 0. The van der Waals surface area contributed by atoms with Crippen LogP contribution in [0.1, 0.15) is 42.8 Å². The molecule has 200 valence electrons. The van der Waals surface area contributed by atoms with Gasteiger partial charge in [-0.25, -0.2) is 9.78 Å². The van der Waals surface area contributed by atoms with Gasteiger partial charge in [-0.05, 0) is 92.8 Å². The first-order valence-corrected chi connectivity index (χ1v) is 13.7. The molecule has 0 aliphatic rings. The molecule has 1 N–H and O–H groups in total. The van der Waals surface area contributed by atoms with Crippen LogP contribution in [-0.2, 0) is 20.9 Å². The molecule has 0 atom stereocenters. The molecule has 7 nitrogen and oxygen atoms in total. The van der Waals surface area contributed by atoms with E-state index in [1.54, 1.807) is 23.5 Å². The second kappa shape index (κ2) is 12.1. The zero-order valence-corrected chi connectivity index (χ0v) is 23.7. The van der Waals surface area contributed by atoms with E-state index in [-0.39, 0.29) is 5.57 Å². The lowest BCUT2D eigenvalue weighted by atomic mass is 10.1. The molecule has 0 aliphatic carbocycles. The van der Waals surface area contributed by atoms with E-state index in [1.807, 2.05) is 50.2 Å². The van der Waals surface area contributed by atoms with Gasteiger partial charge in [-0.2, -0.15) is 5.26 Å². The molecule has 2 aromatic heterocycles. The number of carbonyl (C=O) groups excluding carboxylic acids is 2. The van der Waals surface area contributed by atoms with Crippen molar-refractivity contribution in [3.63, 3.8) is 0 Å². The van der Waals surface area contributed by atoms with Gasteiger partial charge in [0.15, 0.2) is 6.61 Å². The van der Waals surface area contributed by atoms with Gasteiger partial charge in [-0.3, -0.25) is 4.79 Å². The van der Waals surface area contributed by atoms with Crippen LogP contribution in [0.4, 0.5) is 5.69 Å². The Hall–Kier alpha value is -4.22. The Bertz CT molecular complexity index is 1590. The summed E-state index contributed by atoms with van der Waals surface area (Å²) in [5, 5.41) is 13.2. The van der Waals surface area contributed by atoms with Crippen molar-refractivity contribution in [3.05, 3.63) is 76.6 Å². The van der Waals surface area contributed by atoms with Gasteiger partial charge in [-0.15, -0.1) is 11.3 Å². The quantitative estimate of drug-likeness (QED) is 0.143. The third kappa shape index (κ3) is 6.81. The maximum Gasteiger partial charge on any atom is 0.349 e. The summed E-state index contributed by atoms with van der Waals surface area (Å²) in [6, 6.07) is 17.4. The van der Waals surface area contributed by atoms with Crippen LogP contribution >= 0.6 is 11.3 Å². The number of esters is 1. The summed E-state index contributed by atoms with van der Waals surface area (Å²) >= 11 is 1.62. The molecule has 0 saturated heterocycles. The SMILES string of the molecule is Cc1ccc2nc(-c3ccc(NC(=O)COC(=O)C(C#N)=Cc4cc(C)n(CCC(C)C)c4C)cc3)sc2c1. The van der Waals surface area contributed by atoms with Gasteiger partial charge in [0, 0.05) is 29.2 Å². The predicted octanol–water partition coefficient (Wildman–Crippen LogP) is 6.83. The van der Waals surface area contributed by atoms with Gasteiger partial charge >= 0.3 is 5.97 Å². The zero-order chi connectivity index (χ0) is 28.1. The van der Waals surface area contributed by atoms with Crippen LogP contribution in [0.5, 0.6) is 0 Å². The highest BCUT2D eigenvalue weighted by Gasteiger charge is 2.16. The first-order chi connectivity index (χ1) is 18.6. The van der Waals surface area contributed by atoms with Crippen molar-refractivity contribution in [2.75, 3.05) is 11.9 Å². The Labute approximate surface area is 232 Å². The summed E-state index contributed by atoms with van der Waals surface area (Å²) in [6.07, 6.45) is 2.56. The number of nitriles is 1. The molecule has 2 aromatic carbocycles. The number of nitrogens with one attached hydrogen (secondary N) is 1. The number of anilines is 1. The molecule has 0 fully saturated rings.